The molecule has 0 spiro atoms. The maximum atomic E-state index is 12.0. The molecule has 0 aromatic carbocycles. The molecule has 0 heterocycles. The molecule has 7 heteroatoms. The first-order chi connectivity index (χ1) is 9.79. The van der Waals surface area contributed by atoms with Crippen molar-refractivity contribution in [3.63, 3.8) is 0 Å². The number of carbonyl (C=O) groups is 1. The van der Waals surface area contributed by atoms with Gasteiger partial charge in [0.15, 0.2) is 0 Å². The van der Waals surface area contributed by atoms with Crippen molar-refractivity contribution in [1.82, 2.24) is 5.01 Å². The van der Waals surface area contributed by atoms with Gasteiger partial charge >= 0.3 is 5.97 Å². The molecule has 0 unspecified atom stereocenters. The second kappa shape index (κ2) is 7.47. The van der Waals surface area contributed by atoms with Crippen LogP contribution in [0.1, 0.15) is 53.9 Å². The van der Waals surface area contributed by atoms with Crippen molar-refractivity contribution < 1.29 is 19.3 Å². The normalized spacial score (nSPS) is 23.0. The zero-order valence-corrected chi connectivity index (χ0v) is 13.7. The summed E-state index contributed by atoms with van der Waals surface area (Å²) in [7, 11) is 0. The lowest BCUT2D eigenvalue weighted by atomic mass is 10.1. The fourth-order valence-electron chi connectivity index (χ4n) is 2.51. The van der Waals surface area contributed by atoms with Crippen LogP contribution in [0.4, 0.5) is 0 Å². The molecule has 0 radical (unpaired) electrons. The Labute approximate surface area is 126 Å². The summed E-state index contributed by atoms with van der Waals surface area (Å²) in [6, 6.07) is 0. The summed E-state index contributed by atoms with van der Waals surface area (Å²) in [6.07, 6.45) is 1.78. The minimum atomic E-state index is -0.327. The first-order valence-electron chi connectivity index (χ1n) is 7.57. The third kappa shape index (κ3) is 5.06. The molecule has 1 aliphatic rings. The average molecular weight is 301 g/mol. The van der Waals surface area contributed by atoms with E-state index in [-0.39, 0.29) is 23.5 Å². The summed E-state index contributed by atoms with van der Waals surface area (Å²) >= 11 is 0. The number of carbonyl (C=O) groups excluding carboxylic acids is 1. The molecular weight excluding hydrogens is 274 g/mol. The molecule has 2 atom stereocenters. The molecule has 0 N–H and O–H groups in total. The molecule has 0 aromatic rings. The maximum Gasteiger partial charge on any atom is 0.309 e. The molecule has 0 bridgehead atoms. The van der Waals surface area contributed by atoms with Gasteiger partial charge in [0.05, 0.1) is 29.6 Å². The lowest BCUT2D eigenvalue weighted by Gasteiger charge is -2.29. The van der Waals surface area contributed by atoms with Gasteiger partial charge in [0.25, 0.3) is 0 Å². The van der Waals surface area contributed by atoms with Crippen LogP contribution >= 0.6 is 0 Å². The van der Waals surface area contributed by atoms with Gasteiger partial charge in [-0.15, -0.1) is 5.01 Å². The van der Waals surface area contributed by atoms with E-state index in [1.54, 1.807) is 11.9 Å². The van der Waals surface area contributed by atoms with E-state index >= 15 is 0 Å². The van der Waals surface area contributed by atoms with Crippen molar-refractivity contribution in [2.24, 2.45) is 11.2 Å². The highest BCUT2D eigenvalue weighted by Crippen LogP contribution is 2.29. The second-order valence-electron chi connectivity index (χ2n) is 6.21. The van der Waals surface area contributed by atoms with E-state index in [2.05, 4.69) is 5.28 Å². The Morgan fingerprint density at radius 1 is 1.38 bits per heavy atom. The van der Waals surface area contributed by atoms with Crippen LogP contribution in [0.3, 0.4) is 0 Å². The first-order valence-corrected chi connectivity index (χ1v) is 7.57. The summed E-state index contributed by atoms with van der Waals surface area (Å²) in [5.74, 6) is -0.331. The average Bonchev–Trinajstić information content (AvgIpc) is 2.84. The standard InChI is InChI=1S/C14H27N3O4/c1-6-16(14(3,4)5)17(19)15-21-12-9-8-11(10-12)13(18)20-7-2/h11-12H,6-10H2,1-5H3/b17-15-/t11-,12-/m0/s1. The monoisotopic (exact) mass is 301 g/mol. The van der Waals surface area contributed by atoms with E-state index in [0.29, 0.717) is 37.4 Å². The Kier molecular flexibility index (Phi) is 6.23. The van der Waals surface area contributed by atoms with Crippen molar-refractivity contribution in [3.8, 4) is 0 Å². The van der Waals surface area contributed by atoms with Gasteiger partial charge in [-0.05, 0) is 47.5 Å². The molecule has 7 nitrogen and oxygen atoms in total. The lowest BCUT2D eigenvalue weighted by molar-refractivity contribution is -0.725. The smallest absolute Gasteiger partial charge is 0.309 e. The number of ether oxygens (including phenoxy) is 1. The van der Waals surface area contributed by atoms with E-state index in [1.165, 1.54) is 0 Å². The van der Waals surface area contributed by atoms with Crippen LogP contribution in [0.25, 0.3) is 0 Å². The first kappa shape index (κ1) is 17.5. The molecule has 0 aliphatic heterocycles. The third-order valence-electron chi connectivity index (χ3n) is 3.55. The number of esters is 1. The Morgan fingerprint density at radius 2 is 2.05 bits per heavy atom. The zero-order valence-electron chi connectivity index (χ0n) is 13.7. The van der Waals surface area contributed by atoms with Crippen molar-refractivity contribution in [3.05, 3.63) is 5.21 Å². The Balaban J connectivity index is 2.52. The van der Waals surface area contributed by atoms with Gasteiger partial charge in [-0.2, -0.15) is 0 Å². The van der Waals surface area contributed by atoms with E-state index in [9.17, 15) is 10.0 Å². The SMILES string of the molecule is CCOC(=O)[C@H]1CC[C@H](O/N=[N+](\[O-])N(CC)C(C)(C)C)C1. The van der Waals surface area contributed by atoms with E-state index in [4.69, 9.17) is 9.57 Å². The maximum absolute atomic E-state index is 12.0. The molecule has 0 aromatic heterocycles. The van der Waals surface area contributed by atoms with Gasteiger partial charge < -0.3 is 14.8 Å². The Hall–Kier alpha value is -1.53. The zero-order chi connectivity index (χ0) is 16.0. The molecule has 1 rings (SSSR count). The van der Waals surface area contributed by atoms with Crippen LogP contribution in [0.15, 0.2) is 5.28 Å². The van der Waals surface area contributed by atoms with Crippen molar-refractivity contribution >= 4 is 5.97 Å². The number of hydrazine groups is 1. The number of hydrogen-bond donors (Lipinski definition) is 0. The predicted molar refractivity (Wildman–Crippen MR) is 77.0 cm³/mol. The van der Waals surface area contributed by atoms with Crippen molar-refractivity contribution in [2.45, 2.75) is 65.5 Å². The predicted octanol–water partition coefficient (Wildman–Crippen LogP) is 2.65. The van der Waals surface area contributed by atoms with Gasteiger partial charge in [-0.3, -0.25) is 4.79 Å². The summed E-state index contributed by atoms with van der Waals surface area (Å²) < 4.78 is 4.99. The van der Waals surface area contributed by atoms with Crippen molar-refractivity contribution in [2.75, 3.05) is 13.2 Å². The lowest BCUT2D eigenvalue weighted by Crippen LogP contribution is -2.45. The highest BCUT2D eigenvalue weighted by atomic mass is 16.7. The van der Waals surface area contributed by atoms with E-state index in [0.717, 1.165) is 0 Å². The summed E-state index contributed by atoms with van der Waals surface area (Å²) in [5.41, 5.74) is -0.327. The topological polar surface area (TPSA) is 77.2 Å². The van der Waals surface area contributed by atoms with Crippen LogP contribution in [-0.4, -0.2) is 40.7 Å². The second-order valence-corrected chi connectivity index (χ2v) is 6.21. The Bertz CT molecular complexity index is 379. The molecule has 1 saturated carbocycles. The van der Waals surface area contributed by atoms with Crippen LogP contribution in [0, 0.1) is 11.1 Å². The molecule has 21 heavy (non-hydrogen) atoms. The van der Waals surface area contributed by atoms with Gasteiger partial charge in [0, 0.05) is 6.42 Å². The molecule has 0 saturated heterocycles. The summed E-state index contributed by atoms with van der Waals surface area (Å²) in [5, 5.41) is 17.2. The fraction of sp³-hybridized carbons (Fsp3) is 0.929. The van der Waals surface area contributed by atoms with Gasteiger partial charge in [0.2, 0.25) is 5.28 Å². The van der Waals surface area contributed by atoms with Gasteiger partial charge in [-0.1, -0.05) is 0 Å². The largest absolute Gasteiger partial charge is 0.569 e. The highest BCUT2D eigenvalue weighted by Gasteiger charge is 2.33. The van der Waals surface area contributed by atoms with E-state index < -0.39 is 0 Å². The minimum Gasteiger partial charge on any atom is -0.569 e. The van der Waals surface area contributed by atoms with Gasteiger partial charge in [-0.25, -0.2) is 0 Å². The van der Waals surface area contributed by atoms with Crippen LogP contribution < -0.4 is 0 Å². The number of nitrogens with zero attached hydrogens (tertiary/aromatic N) is 3. The Morgan fingerprint density at radius 3 is 2.57 bits per heavy atom. The fourth-order valence-corrected chi connectivity index (χ4v) is 2.51. The minimum absolute atomic E-state index is 0.143. The summed E-state index contributed by atoms with van der Waals surface area (Å²) in [4.78, 5) is 17.4. The highest BCUT2D eigenvalue weighted by molar-refractivity contribution is 5.72. The van der Waals surface area contributed by atoms with E-state index in [1.807, 2.05) is 27.7 Å². The number of hydrogen-bond acceptors (Lipinski definition) is 5. The van der Waals surface area contributed by atoms with Gasteiger partial charge in [0.1, 0.15) is 6.10 Å². The van der Waals surface area contributed by atoms with Crippen LogP contribution in [-0.2, 0) is 14.4 Å². The summed E-state index contributed by atoms with van der Waals surface area (Å²) in [6.45, 7) is 10.4. The van der Waals surface area contributed by atoms with Crippen LogP contribution in [0.5, 0.6) is 0 Å². The molecule has 122 valence electrons. The molecule has 1 aliphatic carbocycles. The molecule has 1 fully saturated rings. The quantitative estimate of drug-likeness (QED) is 0.326. The van der Waals surface area contributed by atoms with Crippen molar-refractivity contribution in [1.29, 1.82) is 0 Å². The van der Waals surface area contributed by atoms with Crippen LogP contribution in [0.2, 0.25) is 0 Å². The number of rotatable bonds is 6. The molecular formula is C14H27N3O4. The third-order valence-corrected chi connectivity index (χ3v) is 3.55. The molecule has 0 amide bonds.